The van der Waals surface area contributed by atoms with E-state index in [2.05, 4.69) is 0 Å². The average Bonchev–Trinajstić information content (AvgIpc) is 2.43. The standard InChI is InChI=1S/C11H5N3O7/c15-5-6-1-2-8-7(10(6)13(18)19)3-4-9(12(16)17)11(8)14(20)21/h1-5H. The molecule has 0 atom stereocenters. The Morgan fingerprint density at radius 2 is 1.29 bits per heavy atom. The Morgan fingerprint density at radius 1 is 0.762 bits per heavy atom. The number of hydrogen-bond acceptors (Lipinski definition) is 7. The second-order valence-corrected chi connectivity index (χ2v) is 3.92. The van der Waals surface area contributed by atoms with E-state index in [1.807, 2.05) is 0 Å². The van der Waals surface area contributed by atoms with Crippen LogP contribution in [-0.4, -0.2) is 21.1 Å². The third kappa shape index (κ3) is 2.14. The molecule has 0 spiro atoms. The first-order chi connectivity index (χ1) is 9.88. The van der Waals surface area contributed by atoms with Crippen LogP contribution in [0.5, 0.6) is 0 Å². The Bertz CT molecular complexity index is 815. The summed E-state index contributed by atoms with van der Waals surface area (Å²) in [6.45, 7) is 0. The van der Waals surface area contributed by atoms with Crippen molar-refractivity contribution in [1.29, 1.82) is 0 Å². The first-order valence-electron chi connectivity index (χ1n) is 5.36. The van der Waals surface area contributed by atoms with Crippen molar-refractivity contribution < 1.29 is 19.6 Å². The van der Waals surface area contributed by atoms with Crippen molar-refractivity contribution in [3.05, 3.63) is 60.2 Å². The van der Waals surface area contributed by atoms with Gasteiger partial charge >= 0.3 is 11.4 Å². The minimum Gasteiger partial charge on any atom is -0.298 e. The number of carbonyl (C=O) groups excluding carboxylic acids is 1. The second kappa shape index (κ2) is 4.92. The second-order valence-electron chi connectivity index (χ2n) is 3.92. The van der Waals surface area contributed by atoms with Crippen LogP contribution in [0, 0.1) is 30.3 Å². The number of nitro groups is 3. The van der Waals surface area contributed by atoms with Crippen LogP contribution in [-0.2, 0) is 0 Å². The maximum absolute atomic E-state index is 11.0. The molecule has 0 fully saturated rings. The Balaban J connectivity index is 3.02. The molecule has 0 N–H and O–H groups in total. The number of hydrogen-bond donors (Lipinski definition) is 0. The van der Waals surface area contributed by atoms with E-state index in [1.165, 1.54) is 0 Å². The smallest absolute Gasteiger partial charge is 0.298 e. The van der Waals surface area contributed by atoms with Gasteiger partial charge in [0.1, 0.15) is 0 Å². The molecule has 10 heteroatoms. The van der Waals surface area contributed by atoms with Crippen molar-refractivity contribution >= 4 is 34.1 Å². The van der Waals surface area contributed by atoms with Gasteiger partial charge in [-0.3, -0.25) is 35.1 Å². The van der Waals surface area contributed by atoms with Gasteiger partial charge in [-0.15, -0.1) is 0 Å². The zero-order valence-electron chi connectivity index (χ0n) is 10.1. The average molecular weight is 291 g/mol. The minimum atomic E-state index is -0.981. The van der Waals surface area contributed by atoms with Crippen molar-refractivity contribution in [2.75, 3.05) is 0 Å². The van der Waals surface area contributed by atoms with Crippen molar-refractivity contribution in [1.82, 2.24) is 0 Å². The molecular weight excluding hydrogens is 286 g/mol. The van der Waals surface area contributed by atoms with Gasteiger partial charge in [-0.1, -0.05) is 0 Å². The van der Waals surface area contributed by atoms with Crippen molar-refractivity contribution in [2.24, 2.45) is 0 Å². The SMILES string of the molecule is O=Cc1ccc2c([N+](=O)[O-])c([N+](=O)[O-])ccc2c1[N+](=O)[O-]. The summed E-state index contributed by atoms with van der Waals surface area (Å²) in [4.78, 5) is 40.9. The number of fused-ring (bicyclic) bond motifs is 1. The third-order valence-electron chi connectivity index (χ3n) is 2.84. The zero-order valence-corrected chi connectivity index (χ0v) is 10.1. The normalized spacial score (nSPS) is 10.3. The van der Waals surface area contributed by atoms with Gasteiger partial charge in [-0.2, -0.15) is 0 Å². The number of nitrogens with zero attached hydrogens (tertiary/aromatic N) is 3. The molecule has 2 aromatic rings. The monoisotopic (exact) mass is 291 g/mol. The van der Waals surface area contributed by atoms with Gasteiger partial charge in [0.25, 0.3) is 5.69 Å². The number of rotatable bonds is 4. The molecule has 0 aliphatic carbocycles. The maximum Gasteiger partial charge on any atom is 0.354 e. The van der Waals surface area contributed by atoms with Crippen LogP contribution in [0.15, 0.2) is 24.3 Å². The molecule has 106 valence electrons. The number of benzene rings is 2. The van der Waals surface area contributed by atoms with Gasteiger partial charge in [-0.05, 0) is 18.2 Å². The van der Waals surface area contributed by atoms with Crippen LogP contribution >= 0.6 is 0 Å². The van der Waals surface area contributed by atoms with Crippen molar-refractivity contribution in [3.8, 4) is 0 Å². The predicted octanol–water partition coefficient (Wildman–Crippen LogP) is 2.38. The van der Waals surface area contributed by atoms with E-state index in [4.69, 9.17) is 0 Å². The molecule has 2 aromatic carbocycles. The molecule has 0 aliphatic heterocycles. The lowest BCUT2D eigenvalue weighted by molar-refractivity contribution is -0.421. The first kappa shape index (κ1) is 14.0. The highest BCUT2D eigenvalue weighted by molar-refractivity contribution is 6.04. The van der Waals surface area contributed by atoms with Gasteiger partial charge in [0, 0.05) is 6.07 Å². The van der Waals surface area contributed by atoms with E-state index in [0.29, 0.717) is 0 Å². The summed E-state index contributed by atoms with van der Waals surface area (Å²) in [5.74, 6) is 0. The van der Waals surface area contributed by atoms with Crippen LogP contribution in [0.3, 0.4) is 0 Å². The molecule has 0 saturated heterocycles. The van der Waals surface area contributed by atoms with Crippen molar-refractivity contribution in [3.63, 3.8) is 0 Å². The van der Waals surface area contributed by atoms with Gasteiger partial charge in [-0.25, -0.2) is 0 Å². The van der Waals surface area contributed by atoms with E-state index >= 15 is 0 Å². The number of carbonyl (C=O) groups is 1. The number of nitro benzene ring substituents is 3. The predicted molar refractivity (Wildman–Crippen MR) is 69.3 cm³/mol. The molecule has 0 amide bonds. The fourth-order valence-corrected chi connectivity index (χ4v) is 2.02. The lowest BCUT2D eigenvalue weighted by Crippen LogP contribution is -2.00. The Kier molecular flexibility index (Phi) is 3.28. The van der Waals surface area contributed by atoms with E-state index in [0.717, 1.165) is 24.3 Å². The summed E-state index contributed by atoms with van der Waals surface area (Å²) >= 11 is 0. The van der Waals surface area contributed by atoms with Crippen LogP contribution in [0.2, 0.25) is 0 Å². The largest absolute Gasteiger partial charge is 0.354 e. The Hall–Kier alpha value is -3.43. The molecular formula is C11H5N3O7. The van der Waals surface area contributed by atoms with Crippen molar-refractivity contribution in [2.45, 2.75) is 0 Å². The quantitative estimate of drug-likeness (QED) is 0.477. The summed E-state index contributed by atoms with van der Waals surface area (Å²) in [6, 6.07) is 3.93. The van der Waals surface area contributed by atoms with Gasteiger partial charge < -0.3 is 0 Å². The van der Waals surface area contributed by atoms with Crippen LogP contribution in [0.1, 0.15) is 10.4 Å². The summed E-state index contributed by atoms with van der Waals surface area (Å²) in [5, 5.41) is 32.4. The fourth-order valence-electron chi connectivity index (χ4n) is 2.02. The first-order valence-corrected chi connectivity index (χ1v) is 5.36. The van der Waals surface area contributed by atoms with E-state index < -0.39 is 31.8 Å². The molecule has 0 aromatic heterocycles. The molecule has 10 nitrogen and oxygen atoms in total. The third-order valence-corrected chi connectivity index (χ3v) is 2.84. The fraction of sp³-hybridized carbons (Fsp3) is 0. The van der Waals surface area contributed by atoms with Crippen LogP contribution < -0.4 is 0 Å². The lowest BCUT2D eigenvalue weighted by atomic mass is 10.0. The van der Waals surface area contributed by atoms with E-state index in [-0.39, 0.29) is 22.6 Å². The molecule has 0 bridgehead atoms. The van der Waals surface area contributed by atoms with Crippen LogP contribution in [0.4, 0.5) is 17.1 Å². The van der Waals surface area contributed by atoms with Gasteiger partial charge in [0.2, 0.25) is 0 Å². The minimum absolute atomic E-state index is 0.207. The highest BCUT2D eigenvalue weighted by atomic mass is 16.6. The topological polar surface area (TPSA) is 146 Å². The summed E-state index contributed by atoms with van der Waals surface area (Å²) in [5.41, 5.74) is -2.52. The van der Waals surface area contributed by atoms with E-state index in [9.17, 15) is 35.1 Å². The lowest BCUT2D eigenvalue weighted by Gasteiger charge is -2.03. The highest BCUT2D eigenvalue weighted by Gasteiger charge is 2.31. The Morgan fingerprint density at radius 3 is 1.76 bits per heavy atom. The van der Waals surface area contributed by atoms with Gasteiger partial charge in [0.15, 0.2) is 6.29 Å². The maximum atomic E-state index is 11.0. The molecule has 0 aliphatic rings. The zero-order chi connectivity index (χ0) is 15.7. The highest BCUT2D eigenvalue weighted by Crippen LogP contribution is 2.39. The molecule has 2 rings (SSSR count). The van der Waals surface area contributed by atoms with E-state index in [1.54, 1.807) is 0 Å². The van der Waals surface area contributed by atoms with Gasteiger partial charge in [0.05, 0.1) is 31.1 Å². The summed E-state index contributed by atoms with van der Waals surface area (Å²) in [7, 11) is 0. The number of aldehydes is 1. The Labute approximate surface area is 115 Å². The molecule has 0 radical (unpaired) electrons. The molecule has 0 unspecified atom stereocenters. The summed E-state index contributed by atoms with van der Waals surface area (Å²) < 4.78 is 0. The molecule has 0 saturated carbocycles. The molecule has 21 heavy (non-hydrogen) atoms. The van der Waals surface area contributed by atoms with Crippen LogP contribution in [0.25, 0.3) is 10.8 Å². The molecule has 0 heterocycles. The summed E-state index contributed by atoms with van der Waals surface area (Å²) in [6.07, 6.45) is 0.241.